The number of rotatable bonds is 7. The molecular formula is C26H27N5O2. The van der Waals surface area contributed by atoms with Crippen molar-refractivity contribution in [2.75, 3.05) is 44.7 Å². The molecule has 1 aliphatic heterocycles. The SMILES string of the molecule is CNC(=O)COc1ccc(-c2ccc(C#N)cc2)c(CN2CCN(c3ccccn3)CC2)c1. The number of hydrogen-bond donors (Lipinski definition) is 1. The number of aromatic nitrogens is 1. The second kappa shape index (κ2) is 10.6. The van der Waals surface area contributed by atoms with Gasteiger partial charge < -0.3 is 15.0 Å². The van der Waals surface area contributed by atoms with E-state index < -0.39 is 0 Å². The second-order valence-corrected chi connectivity index (χ2v) is 7.92. The van der Waals surface area contributed by atoms with E-state index in [4.69, 9.17) is 10.00 Å². The van der Waals surface area contributed by atoms with Crippen LogP contribution < -0.4 is 15.0 Å². The first-order chi connectivity index (χ1) is 16.2. The van der Waals surface area contributed by atoms with Crippen molar-refractivity contribution in [1.29, 1.82) is 5.26 Å². The van der Waals surface area contributed by atoms with Gasteiger partial charge in [-0.2, -0.15) is 5.26 Å². The maximum absolute atomic E-state index is 11.6. The number of likely N-dealkylation sites (N-methyl/N-ethyl adjacent to an activating group) is 1. The van der Waals surface area contributed by atoms with Crippen molar-refractivity contribution in [3.05, 3.63) is 78.0 Å². The lowest BCUT2D eigenvalue weighted by Gasteiger charge is -2.35. The van der Waals surface area contributed by atoms with Gasteiger partial charge in [-0.3, -0.25) is 9.69 Å². The molecule has 1 saturated heterocycles. The van der Waals surface area contributed by atoms with Crippen LogP contribution in [0, 0.1) is 11.3 Å². The van der Waals surface area contributed by atoms with E-state index in [2.05, 4.69) is 26.2 Å². The summed E-state index contributed by atoms with van der Waals surface area (Å²) in [5.74, 6) is 1.51. The summed E-state index contributed by atoms with van der Waals surface area (Å²) in [4.78, 5) is 20.8. The van der Waals surface area contributed by atoms with Crippen molar-refractivity contribution in [2.24, 2.45) is 0 Å². The van der Waals surface area contributed by atoms with Crippen molar-refractivity contribution in [3.8, 4) is 22.9 Å². The van der Waals surface area contributed by atoms with Gasteiger partial charge in [-0.25, -0.2) is 4.98 Å². The summed E-state index contributed by atoms with van der Waals surface area (Å²) >= 11 is 0. The molecule has 7 heteroatoms. The van der Waals surface area contributed by atoms with E-state index in [1.54, 1.807) is 7.05 Å². The molecule has 1 N–H and O–H groups in total. The third-order valence-electron chi connectivity index (χ3n) is 5.79. The van der Waals surface area contributed by atoms with Crippen LogP contribution in [-0.2, 0) is 11.3 Å². The largest absolute Gasteiger partial charge is 0.484 e. The summed E-state index contributed by atoms with van der Waals surface area (Å²) in [6.45, 7) is 4.42. The van der Waals surface area contributed by atoms with E-state index in [9.17, 15) is 4.79 Å². The number of nitrogens with zero attached hydrogens (tertiary/aromatic N) is 4. The first-order valence-electron chi connectivity index (χ1n) is 11.0. The fraction of sp³-hybridized carbons (Fsp3) is 0.269. The molecule has 0 aliphatic carbocycles. The Balaban J connectivity index is 1.52. The van der Waals surface area contributed by atoms with E-state index >= 15 is 0 Å². The third kappa shape index (κ3) is 5.68. The van der Waals surface area contributed by atoms with Crippen LogP contribution in [0.15, 0.2) is 66.9 Å². The Morgan fingerprint density at radius 2 is 1.88 bits per heavy atom. The maximum Gasteiger partial charge on any atom is 0.257 e. The van der Waals surface area contributed by atoms with E-state index in [0.29, 0.717) is 11.3 Å². The summed E-state index contributed by atoms with van der Waals surface area (Å²) < 4.78 is 5.70. The van der Waals surface area contributed by atoms with Gasteiger partial charge in [-0.1, -0.05) is 24.3 Å². The Morgan fingerprint density at radius 1 is 1.09 bits per heavy atom. The van der Waals surface area contributed by atoms with Gasteiger partial charge in [0.2, 0.25) is 0 Å². The van der Waals surface area contributed by atoms with Crippen LogP contribution >= 0.6 is 0 Å². The van der Waals surface area contributed by atoms with Crippen molar-refractivity contribution in [1.82, 2.24) is 15.2 Å². The number of piperazine rings is 1. The zero-order valence-electron chi connectivity index (χ0n) is 18.7. The number of anilines is 1. The van der Waals surface area contributed by atoms with E-state index in [-0.39, 0.29) is 12.5 Å². The molecule has 1 aliphatic rings. The molecule has 2 aromatic carbocycles. The second-order valence-electron chi connectivity index (χ2n) is 7.92. The van der Waals surface area contributed by atoms with E-state index in [1.807, 2.05) is 66.9 Å². The Bertz CT molecular complexity index is 1120. The molecule has 0 saturated carbocycles. The number of hydrogen-bond acceptors (Lipinski definition) is 6. The van der Waals surface area contributed by atoms with Crippen molar-refractivity contribution in [3.63, 3.8) is 0 Å². The molecule has 4 rings (SSSR count). The van der Waals surface area contributed by atoms with Gasteiger partial charge >= 0.3 is 0 Å². The predicted molar refractivity (Wildman–Crippen MR) is 128 cm³/mol. The molecule has 0 spiro atoms. The highest BCUT2D eigenvalue weighted by Gasteiger charge is 2.19. The highest BCUT2D eigenvalue weighted by Crippen LogP contribution is 2.29. The smallest absolute Gasteiger partial charge is 0.257 e. The van der Waals surface area contributed by atoms with Crippen LogP contribution in [-0.4, -0.2) is 55.6 Å². The molecule has 1 amide bonds. The lowest BCUT2D eigenvalue weighted by Crippen LogP contribution is -2.46. The van der Waals surface area contributed by atoms with Gasteiger partial charge in [0.05, 0.1) is 11.6 Å². The lowest BCUT2D eigenvalue weighted by atomic mass is 9.98. The lowest BCUT2D eigenvalue weighted by molar-refractivity contribution is -0.122. The molecule has 33 heavy (non-hydrogen) atoms. The first kappa shape index (κ1) is 22.3. The molecule has 0 radical (unpaired) electrons. The number of carbonyl (C=O) groups excluding carboxylic acids is 1. The van der Waals surface area contributed by atoms with Crippen LogP contribution in [0.3, 0.4) is 0 Å². The molecule has 2 heterocycles. The van der Waals surface area contributed by atoms with E-state index in [0.717, 1.165) is 55.2 Å². The zero-order chi connectivity index (χ0) is 23.0. The van der Waals surface area contributed by atoms with Crippen LogP contribution in [0.5, 0.6) is 5.75 Å². The summed E-state index contributed by atoms with van der Waals surface area (Å²) in [5.41, 5.74) is 3.91. The number of amides is 1. The summed E-state index contributed by atoms with van der Waals surface area (Å²) in [6.07, 6.45) is 1.83. The average molecular weight is 442 g/mol. The minimum atomic E-state index is -0.168. The quantitative estimate of drug-likeness (QED) is 0.607. The Labute approximate surface area is 194 Å². The molecule has 0 bridgehead atoms. The zero-order valence-corrected chi connectivity index (χ0v) is 18.7. The van der Waals surface area contributed by atoms with Crippen molar-refractivity contribution < 1.29 is 9.53 Å². The molecule has 1 aromatic heterocycles. The number of benzene rings is 2. The molecule has 3 aromatic rings. The maximum atomic E-state index is 11.6. The van der Waals surface area contributed by atoms with Crippen LogP contribution in [0.25, 0.3) is 11.1 Å². The molecule has 168 valence electrons. The summed E-state index contributed by atoms with van der Waals surface area (Å²) in [5, 5.41) is 11.7. The topological polar surface area (TPSA) is 81.5 Å². The molecule has 1 fully saturated rings. The van der Waals surface area contributed by atoms with Gasteiger partial charge in [0, 0.05) is 46.0 Å². The Kier molecular flexibility index (Phi) is 7.18. The van der Waals surface area contributed by atoms with Crippen LogP contribution in [0.1, 0.15) is 11.1 Å². The van der Waals surface area contributed by atoms with E-state index in [1.165, 1.54) is 0 Å². The number of pyridine rings is 1. The predicted octanol–water partition coefficient (Wildman–Crippen LogP) is 3.07. The van der Waals surface area contributed by atoms with Crippen molar-refractivity contribution >= 4 is 11.7 Å². The van der Waals surface area contributed by atoms with Crippen LogP contribution in [0.2, 0.25) is 0 Å². The number of carbonyl (C=O) groups is 1. The van der Waals surface area contributed by atoms with Gasteiger partial charge in [-0.05, 0) is 53.1 Å². The third-order valence-corrected chi connectivity index (χ3v) is 5.79. The fourth-order valence-electron chi connectivity index (χ4n) is 3.93. The summed E-state index contributed by atoms with van der Waals surface area (Å²) in [7, 11) is 1.59. The normalized spacial score (nSPS) is 13.9. The molecule has 0 atom stereocenters. The minimum Gasteiger partial charge on any atom is -0.484 e. The highest BCUT2D eigenvalue weighted by molar-refractivity contribution is 5.77. The minimum absolute atomic E-state index is 0.0189. The van der Waals surface area contributed by atoms with Crippen molar-refractivity contribution in [2.45, 2.75) is 6.54 Å². The Hall–Kier alpha value is -3.89. The number of nitrogens with one attached hydrogen (secondary N) is 1. The average Bonchev–Trinajstić information content (AvgIpc) is 2.88. The molecule has 0 unspecified atom stereocenters. The fourth-order valence-corrected chi connectivity index (χ4v) is 3.93. The summed E-state index contributed by atoms with van der Waals surface area (Å²) in [6, 6.07) is 21.7. The molecular weight excluding hydrogens is 414 g/mol. The van der Waals surface area contributed by atoms with Gasteiger partial charge in [-0.15, -0.1) is 0 Å². The van der Waals surface area contributed by atoms with Crippen LogP contribution in [0.4, 0.5) is 5.82 Å². The Morgan fingerprint density at radius 3 is 2.55 bits per heavy atom. The molecule has 7 nitrogen and oxygen atoms in total. The highest BCUT2D eigenvalue weighted by atomic mass is 16.5. The first-order valence-corrected chi connectivity index (χ1v) is 11.0. The van der Waals surface area contributed by atoms with Gasteiger partial charge in [0.15, 0.2) is 6.61 Å². The number of ether oxygens (including phenoxy) is 1. The monoisotopic (exact) mass is 441 g/mol. The standard InChI is InChI=1S/C26H27N5O2/c1-28-26(32)19-33-23-9-10-24(21-7-5-20(17-27)6-8-21)22(16-23)18-30-12-14-31(15-13-30)25-4-2-3-11-29-25/h2-11,16H,12-15,18-19H2,1H3,(H,28,32). The van der Waals surface area contributed by atoms with Gasteiger partial charge in [0.25, 0.3) is 5.91 Å². The van der Waals surface area contributed by atoms with Gasteiger partial charge in [0.1, 0.15) is 11.6 Å². The number of nitriles is 1.